The molecule has 0 aliphatic carbocycles. The maximum atomic E-state index is 5.38. The van der Waals surface area contributed by atoms with E-state index >= 15 is 0 Å². The van der Waals surface area contributed by atoms with Gasteiger partial charge in [0.2, 0.25) is 0 Å². The second-order valence-electron chi connectivity index (χ2n) is 3.44. The summed E-state index contributed by atoms with van der Waals surface area (Å²) < 4.78 is 10.5. The maximum absolute atomic E-state index is 5.38. The van der Waals surface area contributed by atoms with Crippen LogP contribution in [-0.4, -0.2) is 39.5 Å². The van der Waals surface area contributed by atoms with Crippen LogP contribution in [0.4, 0.5) is 0 Å². The van der Waals surface area contributed by atoms with Crippen LogP contribution in [0.15, 0.2) is 0 Å². The molecule has 0 aromatic heterocycles. The van der Waals surface area contributed by atoms with Crippen LogP contribution in [0.1, 0.15) is 13.3 Å². The Morgan fingerprint density at radius 1 is 1.42 bits per heavy atom. The Morgan fingerprint density at radius 2 is 2.17 bits per heavy atom. The van der Waals surface area contributed by atoms with Crippen LogP contribution < -0.4 is 5.32 Å². The van der Waals surface area contributed by atoms with Gasteiger partial charge in [-0.1, -0.05) is 6.92 Å². The van der Waals surface area contributed by atoms with E-state index in [-0.39, 0.29) is 0 Å². The molecule has 3 atom stereocenters. The van der Waals surface area contributed by atoms with E-state index in [1.54, 1.807) is 14.2 Å². The Bertz CT molecular complexity index is 128. The molecule has 3 nitrogen and oxygen atoms in total. The molecule has 1 aliphatic heterocycles. The van der Waals surface area contributed by atoms with Gasteiger partial charge in [0.15, 0.2) is 0 Å². The van der Waals surface area contributed by atoms with E-state index in [0.717, 1.165) is 19.6 Å². The number of piperidine rings is 1. The van der Waals surface area contributed by atoms with Crippen molar-refractivity contribution in [1.82, 2.24) is 5.32 Å². The number of hydrogen-bond donors (Lipinski definition) is 1. The largest absolute Gasteiger partial charge is 0.383 e. The van der Waals surface area contributed by atoms with Gasteiger partial charge in [0, 0.05) is 20.3 Å². The number of rotatable bonds is 3. The van der Waals surface area contributed by atoms with Crippen molar-refractivity contribution >= 4 is 0 Å². The molecule has 1 aliphatic rings. The van der Waals surface area contributed by atoms with Crippen LogP contribution in [0.3, 0.4) is 0 Å². The van der Waals surface area contributed by atoms with Crippen LogP contribution in [0.25, 0.3) is 0 Å². The molecule has 1 N–H and O–H groups in total. The number of hydrogen-bond acceptors (Lipinski definition) is 3. The molecule has 1 saturated heterocycles. The minimum atomic E-state index is 0.395. The van der Waals surface area contributed by atoms with Gasteiger partial charge in [-0.2, -0.15) is 0 Å². The Balaban J connectivity index is 2.41. The maximum Gasteiger partial charge on any atom is 0.0624 e. The molecule has 0 aromatic rings. The lowest BCUT2D eigenvalue weighted by atomic mass is 9.90. The number of nitrogens with one attached hydrogen (secondary N) is 1. The van der Waals surface area contributed by atoms with Gasteiger partial charge in [-0.05, 0) is 18.9 Å². The predicted octanol–water partition coefficient (Wildman–Crippen LogP) is 0.646. The van der Waals surface area contributed by atoms with Crippen molar-refractivity contribution in [1.29, 1.82) is 0 Å². The van der Waals surface area contributed by atoms with Gasteiger partial charge in [-0.15, -0.1) is 0 Å². The molecule has 0 bridgehead atoms. The molecule has 1 heterocycles. The van der Waals surface area contributed by atoms with E-state index < -0.39 is 0 Å². The van der Waals surface area contributed by atoms with Crippen molar-refractivity contribution in [3.05, 3.63) is 0 Å². The first-order valence-electron chi connectivity index (χ1n) is 4.54. The fourth-order valence-corrected chi connectivity index (χ4v) is 1.84. The fraction of sp³-hybridized carbons (Fsp3) is 1.00. The smallest absolute Gasteiger partial charge is 0.0624 e. The summed E-state index contributed by atoms with van der Waals surface area (Å²) in [5, 5.41) is 3.43. The van der Waals surface area contributed by atoms with Gasteiger partial charge in [-0.25, -0.2) is 0 Å². The van der Waals surface area contributed by atoms with Crippen molar-refractivity contribution in [2.45, 2.75) is 25.5 Å². The monoisotopic (exact) mass is 173 g/mol. The Hall–Kier alpha value is -0.120. The normalized spacial score (nSPS) is 36.8. The fourth-order valence-electron chi connectivity index (χ4n) is 1.84. The van der Waals surface area contributed by atoms with Gasteiger partial charge in [0.1, 0.15) is 0 Å². The minimum Gasteiger partial charge on any atom is -0.383 e. The molecule has 0 spiro atoms. The van der Waals surface area contributed by atoms with Crippen molar-refractivity contribution in [2.24, 2.45) is 5.92 Å². The summed E-state index contributed by atoms with van der Waals surface area (Å²) >= 11 is 0. The minimum absolute atomic E-state index is 0.395. The highest BCUT2D eigenvalue weighted by Crippen LogP contribution is 2.19. The lowest BCUT2D eigenvalue weighted by molar-refractivity contribution is 0.000904. The van der Waals surface area contributed by atoms with Crippen molar-refractivity contribution in [3.63, 3.8) is 0 Å². The molecular weight excluding hydrogens is 154 g/mol. The zero-order chi connectivity index (χ0) is 8.97. The van der Waals surface area contributed by atoms with E-state index in [0.29, 0.717) is 18.1 Å². The van der Waals surface area contributed by atoms with Crippen LogP contribution in [-0.2, 0) is 9.47 Å². The number of ether oxygens (including phenoxy) is 2. The second kappa shape index (κ2) is 4.80. The first-order chi connectivity index (χ1) is 5.79. The molecule has 72 valence electrons. The number of methoxy groups -OCH3 is 2. The molecule has 3 unspecified atom stereocenters. The lowest BCUT2D eigenvalue weighted by Crippen LogP contribution is -2.50. The molecule has 12 heavy (non-hydrogen) atoms. The molecule has 3 heteroatoms. The highest BCUT2D eigenvalue weighted by molar-refractivity contribution is 4.84. The zero-order valence-corrected chi connectivity index (χ0v) is 8.17. The summed E-state index contributed by atoms with van der Waals surface area (Å²) in [6.07, 6.45) is 1.50. The van der Waals surface area contributed by atoms with Crippen LogP contribution in [0.2, 0.25) is 0 Å². The average molecular weight is 173 g/mol. The third-order valence-corrected chi connectivity index (χ3v) is 2.71. The summed E-state index contributed by atoms with van der Waals surface area (Å²) in [4.78, 5) is 0. The highest BCUT2D eigenvalue weighted by Gasteiger charge is 2.29. The highest BCUT2D eigenvalue weighted by atomic mass is 16.5. The molecule has 1 fully saturated rings. The summed E-state index contributed by atoms with van der Waals surface area (Å²) in [6, 6.07) is 0.452. The third-order valence-electron chi connectivity index (χ3n) is 2.71. The first-order valence-corrected chi connectivity index (χ1v) is 4.54. The van der Waals surface area contributed by atoms with Gasteiger partial charge in [0.05, 0.1) is 12.7 Å². The standard InChI is InChI=1S/C9H19NO2/c1-7-8(6-11-2)10-5-4-9(7)12-3/h7-10H,4-6H2,1-3H3. The quantitative estimate of drug-likeness (QED) is 0.679. The van der Waals surface area contributed by atoms with E-state index in [1.165, 1.54) is 0 Å². The molecular formula is C9H19NO2. The predicted molar refractivity (Wildman–Crippen MR) is 48.2 cm³/mol. The summed E-state index contributed by atoms with van der Waals surface area (Å²) in [5.74, 6) is 0.545. The van der Waals surface area contributed by atoms with Gasteiger partial charge < -0.3 is 14.8 Å². The van der Waals surface area contributed by atoms with E-state index in [4.69, 9.17) is 9.47 Å². The molecule has 1 rings (SSSR count). The Kier molecular flexibility index (Phi) is 3.98. The summed E-state index contributed by atoms with van der Waals surface area (Å²) in [7, 11) is 3.53. The van der Waals surface area contributed by atoms with Gasteiger partial charge in [0.25, 0.3) is 0 Å². The zero-order valence-electron chi connectivity index (χ0n) is 8.17. The van der Waals surface area contributed by atoms with Gasteiger partial charge in [-0.3, -0.25) is 0 Å². The summed E-state index contributed by atoms with van der Waals surface area (Å²) in [5.41, 5.74) is 0. The third kappa shape index (κ3) is 2.19. The topological polar surface area (TPSA) is 30.5 Å². The summed E-state index contributed by atoms with van der Waals surface area (Å²) in [6.45, 7) is 4.03. The average Bonchev–Trinajstić information content (AvgIpc) is 2.09. The van der Waals surface area contributed by atoms with Crippen molar-refractivity contribution in [2.75, 3.05) is 27.4 Å². The molecule has 0 aromatic carbocycles. The van der Waals surface area contributed by atoms with Crippen LogP contribution >= 0.6 is 0 Å². The SMILES string of the molecule is COCC1NCCC(OC)C1C. The Labute approximate surface area is 74.4 Å². The molecule has 0 radical (unpaired) electrons. The Morgan fingerprint density at radius 3 is 2.75 bits per heavy atom. The van der Waals surface area contributed by atoms with E-state index in [9.17, 15) is 0 Å². The first kappa shape index (κ1) is 9.96. The lowest BCUT2D eigenvalue weighted by Gasteiger charge is -2.35. The molecule has 0 amide bonds. The van der Waals surface area contributed by atoms with Crippen LogP contribution in [0.5, 0.6) is 0 Å². The van der Waals surface area contributed by atoms with Crippen molar-refractivity contribution in [3.8, 4) is 0 Å². The van der Waals surface area contributed by atoms with E-state index in [1.807, 2.05) is 0 Å². The second-order valence-corrected chi connectivity index (χ2v) is 3.44. The van der Waals surface area contributed by atoms with Crippen LogP contribution in [0, 0.1) is 5.92 Å². The van der Waals surface area contributed by atoms with Crippen molar-refractivity contribution < 1.29 is 9.47 Å². The van der Waals surface area contributed by atoms with E-state index in [2.05, 4.69) is 12.2 Å². The molecule has 0 saturated carbocycles. The van der Waals surface area contributed by atoms with Gasteiger partial charge >= 0.3 is 0 Å².